The zero-order valence-electron chi connectivity index (χ0n) is 25.2. The molecule has 0 aliphatic heterocycles. The van der Waals surface area contributed by atoms with E-state index >= 15 is 0 Å². The second-order valence-corrected chi connectivity index (χ2v) is 12.3. The van der Waals surface area contributed by atoms with Crippen LogP contribution in [0, 0.1) is 5.41 Å². The number of amides is 1. The maximum atomic E-state index is 14.0. The molecule has 2 bridgehead atoms. The van der Waals surface area contributed by atoms with E-state index in [1.165, 1.54) is 5.57 Å². The van der Waals surface area contributed by atoms with Gasteiger partial charge in [-0.05, 0) is 88.3 Å². The van der Waals surface area contributed by atoms with Crippen molar-refractivity contribution in [1.82, 2.24) is 4.90 Å². The van der Waals surface area contributed by atoms with Crippen LogP contribution in [-0.4, -0.2) is 58.4 Å². The summed E-state index contributed by atoms with van der Waals surface area (Å²) in [4.78, 5) is 28.5. The lowest BCUT2D eigenvalue weighted by Crippen LogP contribution is -2.54. The maximum absolute atomic E-state index is 14.0. The number of carbonyl (C=O) groups excluding carboxylic acids is 2. The predicted molar refractivity (Wildman–Crippen MR) is 162 cm³/mol. The van der Waals surface area contributed by atoms with Crippen molar-refractivity contribution in [2.45, 2.75) is 96.7 Å². The standard InChI is InChI=1S/C35H47NO5/c1-5-21-36(33(39)41-6-2)24-35(40)20-18-31-29-17-15-26(23-30(29)32(38)27-12-8-7-9-13-27)22-28(37)16-14-25(3)11-10-19-34(31,35)4/h7-9,11-13,15,17,23,28,31,37,40H,5-6,10,14,16,18-22,24H2,1-4H3. The third-order valence-electron chi connectivity index (χ3n) is 9.42. The van der Waals surface area contributed by atoms with Gasteiger partial charge in [0.15, 0.2) is 5.78 Å². The third kappa shape index (κ3) is 6.76. The number of allylic oxidation sites excluding steroid dienone is 2. The quantitative estimate of drug-likeness (QED) is 0.286. The predicted octanol–water partition coefficient (Wildman–Crippen LogP) is 6.82. The molecular formula is C35H47NO5. The molecule has 1 amide bonds. The highest BCUT2D eigenvalue weighted by molar-refractivity contribution is 6.10. The lowest BCUT2D eigenvalue weighted by molar-refractivity contribution is -0.0809. The highest BCUT2D eigenvalue weighted by atomic mass is 16.6. The lowest BCUT2D eigenvalue weighted by atomic mass is 9.64. The summed E-state index contributed by atoms with van der Waals surface area (Å²) in [5, 5.41) is 23.3. The van der Waals surface area contributed by atoms with Gasteiger partial charge in [-0.1, -0.05) is 68.0 Å². The fraction of sp³-hybridized carbons (Fsp3) is 0.543. The molecule has 6 heteroatoms. The van der Waals surface area contributed by atoms with Crippen molar-refractivity contribution in [1.29, 1.82) is 0 Å². The van der Waals surface area contributed by atoms with Crippen molar-refractivity contribution in [3.05, 3.63) is 82.4 Å². The van der Waals surface area contributed by atoms with Gasteiger partial charge in [0.2, 0.25) is 0 Å². The molecule has 5 rings (SSSR count). The smallest absolute Gasteiger partial charge is 0.409 e. The van der Waals surface area contributed by atoms with Crippen molar-refractivity contribution in [2.24, 2.45) is 5.41 Å². The molecule has 3 aliphatic rings. The largest absolute Gasteiger partial charge is 0.450 e. The Hall–Kier alpha value is -2.96. The second kappa shape index (κ2) is 13.3. The van der Waals surface area contributed by atoms with Crippen molar-refractivity contribution >= 4 is 11.9 Å². The SMILES string of the molecule is CCCN(CC1(O)CCC2c3ccc(cc3C(=O)c3ccccc3)CC(O)CCC(C)=CCCC21C)C(=O)OCC. The molecule has 2 aromatic rings. The minimum Gasteiger partial charge on any atom is -0.450 e. The van der Waals surface area contributed by atoms with Gasteiger partial charge in [-0.2, -0.15) is 0 Å². The molecule has 41 heavy (non-hydrogen) atoms. The number of fused-ring (bicyclic) bond motifs is 8. The van der Waals surface area contributed by atoms with E-state index in [2.05, 4.69) is 26.0 Å². The van der Waals surface area contributed by atoms with Gasteiger partial charge in [-0.3, -0.25) is 4.79 Å². The molecule has 3 aliphatic carbocycles. The van der Waals surface area contributed by atoms with Gasteiger partial charge in [0.05, 0.1) is 24.9 Å². The number of benzene rings is 2. The number of nitrogens with zero attached hydrogens (tertiary/aromatic N) is 1. The molecule has 0 spiro atoms. The van der Waals surface area contributed by atoms with Gasteiger partial charge in [0, 0.05) is 23.1 Å². The minimum absolute atomic E-state index is 0.0447. The topological polar surface area (TPSA) is 87.1 Å². The monoisotopic (exact) mass is 561 g/mol. The van der Waals surface area contributed by atoms with Crippen molar-refractivity contribution in [2.75, 3.05) is 19.7 Å². The summed E-state index contributed by atoms with van der Waals surface area (Å²) in [6.45, 7) is 9.05. The Bertz CT molecular complexity index is 1240. The summed E-state index contributed by atoms with van der Waals surface area (Å²) in [6, 6.07) is 15.4. The Morgan fingerprint density at radius 1 is 1.07 bits per heavy atom. The molecule has 1 saturated carbocycles. The van der Waals surface area contributed by atoms with Gasteiger partial charge < -0.3 is 19.8 Å². The minimum atomic E-state index is -1.15. The van der Waals surface area contributed by atoms with E-state index in [4.69, 9.17) is 4.74 Å². The molecule has 1 fully saturated rings. The number of hydrogen-bond donors (Lipinski definition) is 2. The summed E-state index contributed by atoms with van der Waals surface area (Å²) in [5.41, 5.74) is 2.62. The molecule has 2 aromatic carbocycles. The van der Waals surface area contributed by atoms with Crippen LogP contribution in [0.1, 0.15) is 106 Å². The van der Waals surface area contributed by atoms with Crippen LogP contribution in [0.3, 0.4) is 0 Å². The molecule has 4 unspecified atom stereocenters. The average Bonchev–Trinajstić information content (AvgIpc) is 3.21. The lowest BCUT2D eigenvalue weighted by Gasteiger charge is -2.46. The fourth-order valence-corrected chi connectivity index (χ4v) is 6.98. The van der Waals surface area contributed by atoms with Gasteiger partial charge in [-0.25, -0.2) is 4.79 Å². The Labute approximate surface area is 245 Å². The maximum Gasteiger partial charge on any atom is 0.409 e. The number of aliphatic hydroxyl groups excluding tert-OH is 1. The molecule has 2 N–H and O–H groups in total. The molecule has 0 heterocycles. The summed E-state index contributed by atoms with van der Waals surface area (Å²) >= 11 is 0. The first-order valence-electron chi connectivity index (χ1n) is 15.3. The van der Waals surface area contributed by atoms with E-state index in [1.807, 2.05) is 49.4 Å². The van der Waals surface area contributed by atoms with Crippen LogP contribution in [-0.2, 0) is 11.2 Å². The molecular weight excluding hydrogens is 514 g/mol. The first-order chi connectivity index (χ1) is 19.6. The zero-order valence-corrected chi connectivity index (χ0v) is 25.2. The van der Waals surface area contributed by atoms with Crippen LogP contribution >= 0.6 is 0 Å². The van der Waals surface area contributed by atoms with Crippen LogP contribution in [0.25, 0.3) is 0 Å². The average molecular weight is 562 g/mol. The number of carbonyl (C=O) groups is 2. The van der Waals surface area contributed by atoms with Crippen LogP contribution < -0.4 is 0 Å². The second-order valence-electron chi connectivity index (χ2n) is 12.3. The Morgan fingerprint density at radius 2 is 1.83 bits per heavy atom. The van der Waals surface area contributed by atoms with Gasteiger partial charge >= 0.3 is 6.09 Å². The molecule has 6 nitrogen and oxygen atoms in total. The molecule has 0 aromatic heterocycles. The van der Waals surface area contributed by atoms with Crippen LogP contribution in [0.5, 0.6) is 0 Å². The van der Waals surface area contributed by atoms with E-state index < -0.39 is 23.2 Å². The molecule has 0 saturated heterocycles. The first kappa shape index (κ1) is 31.0. The van der Waals surface area contributed by atoms with Crippen LogP contribution in [0.15, 0.2) is 60.2 Å². The third-order valence-corrected chi connectivity index (χ3v) is 9.42. The highest BCUT2D eigenvalue weighted by Crippen LogP contribution is 2.58. The summed E-state index contributed by atoms with van der Waals surface area (Å²) in [5.74, 6) is -0.131. The summed E-state index contributed by atoms with van der Waals surface area (Å²) in [7, 11) is 0. The molecule has 0 radical (unpaired) electrons. The number of aliphatic hydroxyl groups is 2. The first-order valence-corrected chi connectivity index (χ1v) is 15.3. The molecule has 222 valence electrons. The fourth-order valence-electron chi connectivity index (χ4n) is 6.98. The number of rotatable bonds is 7. The van der Waals surface area contributed by atoms with E-state index in [0.717, 1.165) is 30.4 Å². The van der Waals surface area contributed by atoms with Gasteiger partial charge in [0.1, 0.15) is 0 Å². The number of ketones is 1. The van der Waals surface area contributed by atoms with Gasteiger partial charge in [0.25, 0.3) is 0 Å². The van der Waals surface area contributed by atoms with Crippen molar-refractivity contribution in [3.8, 4) is 0 Å². The van der Waals surface area contributed by atoms with Crippen LogP contribution in [0.4, 0.5) is 4.79 Å². The Morgan fingerprint density at radius 3 is 2.54 bits per heavy atom. The Kier molecular flexibility index (Phi) is 10.1. The van der Waals surface area contributed by atoms with E-state index in [-0.39, 0.29) is 24.9 Å². The number of ether oxygens (including phenoxy) is 1. The van der Waals surface area contributed by atoms with Gasteiger partial charge in [-0.15, -0.1) is 0 Å². The highest BCUT2D eigenvalue weighted by Gasteiger charge is 2.57. The summed E-state index contributed by atoms with van der Waals surface area (Å²) < 4.78 is 5.36. The Balaban J connectivity index is 1.83. The molecule has 4 atom stereocenters. The number of hydrogen-bond acceptors (Lipinski definition) is 5. The van der Waals surface area contributed by atoms with Crippen molar-refractivity contribution < 1.29 is 24.5 Å². The van der Waals surface area contributed by atoms with Crippen LogP contribution in [0.2, 0.25) is 0 Å². The van der Waals surface area contributed by atoms with E-state index in [1.54, 1.807) is 11.8 Å². The van der Waals surface area contributed by atoms with E-state index in [9.17, 15) is 19.8 Å². The summed E-state index contributed by atoms with van der Waals surface area (Å²) in [6.07, 6.45) is 6.75. The zero-order chi connectivity index (χ0) is 29.6. The van der Waals surface area contributed by atoms with E-state index in [0.29, 0.717) is 49.8 Å². The normalized spacial score (nSPS) is 26.5. The van der Waals surface area contributed by atoms with Crippen molar-refractivity contribution in [3.63, 3.8) is 0 Å².